The third-order valence-electron chi connectivity index (χ3n) is 6.56. The van der Waals surface area contributed by atoms with Gasteiger partial charge in [-0.05, 0) is 78.9 Å². The first kappa shape index (κ1) is 24.8. The van der Waals surface area contributed by atoms with Crippen LogP contribution in [0.25, 0.3) is 11.1 Å². The molecular formula is C30H37N3O2. The molecule has 0 saturated carbocycles. The molecule has 1 heterocycles. The van der Waals surface area contributed by atoms with Crippen LogP contribution < -0.4 is 15.0 Å². The van der Waals surface area contributed by atoms with E-state index in [2.05, 4.69) is 77.5 Å². The lowest BCUT2D eigenvalue weighted by Crippen LogP contribution is -2.46. The van der Waals surface area contributed by atoms with Crippen molar-refractivity contribution < 1.29 is 9.53 Å². The summed E-state index contributed by atoms with van der Waals surface area (Å²) >= 11 is 0. The van der Waals surface area contributed by atoms with Crippen molar-refractivity contribution in [1.29, 1.82) is 0 Å². The summed E-state index contributed by atoms with van der Waals surface area (Å²) in [7, 11) is 0. The highest BCUT2D eigenvalue weighted by atomic mass is 16.5. The van der Waals surface area contributed by atoms with Crippen LogP contribution >= 0.6 is 0 Å². The van der Waals surface area contributed by atoms with Gasteiger partial charge in [-0.1, -0.05) is 37.3 Å². The zero-order chi connectivity index (χ0) is 24.6. The molecule has 184 valence electrons. The van der Waals surface area contributed by atoms with Crippen LogP contribution in [0.1, 0.15) is 41.8 Å². The van der Waals surface area contributed by atoms with Gasteiger partial charge >= 0.3 is 0 Å². The number of benzene rings is 3. The van der Waals surface area contributed by atoms with Gasteiger partial charge in [-0.2, -0.15) is 0 Å². The van der Waals surface area contributed by atoms with E-state index in [4.69, 9.17) is 4.74 Å². The zero-order valence-electron chi connectivity index (χ0n) is 21.2. The highest BCUT2D eigenvalue weighted by Crippen LogP contribution is 2.28. The van der Waals surface area contributed by atoms with E-state index in [1.54, 1.807) is 0 Å². The molecule has 5 heteroatoms. The lowest BCUT2D eigenvalue weighted by molar-refractivity contribution is 0.0953. The molecule has 0 spiro atoms. The number of hydrogen-bond donors (Lipinski definition) is 1. The summed E-state index contributed by atoms with van der Waals surface area (Å²) in [5.74, 6) is 0.923. The fourth-order valence-electron chi connectivity index (χ4n) is 4.65. The molecule has 0 radical (unpaired) electrons. The highest BCUT2D eigenvalue weighted by molar-refractivity contribution is 5.94. The maximum atomic E-state index is 12.1. The molecular weight excluding hydrogens is 434 g/mol. The molecule has 1 aliphatic heterocycles. The second-order valence-corrected chi connectivity index (χ2v) is 9.18. The predicted molar refractivity (Wildman–Crippen MR) is 144 cm³/mol. The van der Waals surface area contributed by atoms with E-state index >= 15 is 0 Å². The van der Waals surface area contributed by atoms with E-state index < -0.39 is 0 Å². The van der Waals surface area contributed by atoms with Gasteiger partial charge in [-0.15, -0.1) is 0 Å². The minimum Gasteiger partial charge on any atom is -0.494 e. The largest absolute Gasteiger partial charge is 0.494 e. The number of hydrogen-bond acceptors (Lipinski definition) is 4. The van der Waals surface area contributed by atoms with Gasteiger partial charge in [-0.3, -0.25) is 9.69 Å². The van der Waals surface area contributed by atoms with E-state index in [9.17, 15) is 4.79 Å². The van der Waals surface area contributed by atoms with E-state index in [0.717, 1.165) is 50.5 Å². The lowest BCUT2D eigenvalue weighted by Gasteiger charge is -2.36. The monoisotopic (exact) mass is 471 g/mol. The topological polar surface area (TPSA) is 44.8 Å². The van der Waals surface area contributed by atoms with Gasteiger partial charge in [0.15, 0.2) is 0 Å². The molecule has 4 rings (SSSR count). The zero-order valence-corrected chi connectivity index (χ0v) is 21.2. The third-order valence-corrected chi connectivity index (χ3v) is 6.56. The molecule has 1 aliphatic rings. The van der Waals surface area contributed by atoms with Crippen LogP contribution in [0.4, 0.5) is 5.69 Å². The van der Waals surface area contributed by atoms with Crippen molar-refractivity contribution in [3.8, 4) is 16.9 Å². The maximum Gasteiger partial charge on any atom is 0.251 e. The van der Waals surface area contributed by atoms with Gasteiger partial charge in [0, 0.05) is 50.5 Å². The molecule has 0 aromatic heterocycles. The van der Waals surface area contributed by atoms with Crippen molar-refractivity contribution in [3.05, 3.63) is 83.4 Å². The van der Waals surface area contributed by atoms with Crippen molar-refractivity contribution in [3.63, 3.8) is 0 Å². The lowest BCUT2D eigenvalue weighted by atomic mass is 9.98. The first-order chi connectivity index (χ1) is 17.1. The van der Waals surface area contributed by atoms with Gasteiger partial charge in [0.1, 0.15) is 5.75 Å². The van der Waals surface area contributed by atoms with E-state index in [-0.39, 0.29) is 5.91 Å². The number of carbonyl (C=O) groups excluding carboxylic acids is 1. The molecule has 3 aromatic rings. The summed E-state index contributed by atoms with van der Waals surface area (Å²) in [5, 5.41) is 2.94. The number of aryl methyl sites for hydroxylation is 1. The summed E-state index contributed by atoms with van der Waals surface area (Å²) in [6.45, 7) is 12.6. The van der Waals surface area contributed by atoms with Gasteiger partial charge < -0.3 is 15.0 Å². The van der Waals surface area contributed by atoms with E-state index in [0.29, 0.717) is 13.2 Å². The minimum absolute atomic E-state index is 0.00605. The SMILES string of the molecule is CCCNC(=O)c1ccc(N2CCN(Cc3ccc(-c4cccc(OCC)c4)c(C)c3)CC2)cc1. The third kappa shape index (κ3) is 6.43. The Balaban J connectivity index is 1.32. The minimum atomic E-state index is 0.00605. The predicted octanol–water partition coefficient (Wildman–Crippen LogP) is 5.52. The average molecular weight is 472 g/mol. The Labute approximate surface area is 209 Å². The Morgan fingerprint density at radius 3 is 2.40 bits per heavy atom. The Bertz CT molecular complexity index is 1120. The Morgan fingerprint density at radius 1 is 0.943 bits per heavy atom. The van der Waals surface area contributed by atoms with Crippen LogP contribution in [0.15, 0.2) is 66.7 Å². The van der Waals surface area contributed by atoms with Crippen molar-refractivity contribution in [2.45, 2.75) is 33.7 Å². The summed E-state index contributed by atoms with van der Waals surface area (Å²) in [6, 6.07) is 23.1. The van der Waals surface area contributed by atoms with E-state index in [1.165, 1.54) is 27.9 Å². The molecule has 0 bridgehead atoms. The van der Waals surface area contributed by atoms with Crippen molar-refractivity contribution in [2.24, 2.45) is 0 Å². The molecule has 1 saturated heterocycles. The van der Waals surface area contributed by atoms with Crippen molar-refractivity contribution >= 4 is 11.6 Å². The number of nitrogens with one attached hydrogen (secondary N) is 1. The fourth-order valence-corrected chi connectivity index (χ4v) is 4.65. The van der Waals surface area contributed by atoms with Gasteiger partial charge in [0.05, 0.1) is 6.61 Å². The number of piperazine rings is 1. The van der Waals surface area contributed by atoms with Crippen LogP contribution in [0.5, 0.6) is 5.75 Å². The second kappa shape index (κ2) is 11.9. The van der Waals surface area contributed by atoms with E-state index in [1.807, 2.05) is 25.1 Å². The number of anilines is 1. The first-order valence-electron chi connectivity index (χ1n) is 12.8. The fraction of sp³-hybridized carbons (Fsp3) is 0.367. The Morgan fingerprint density at radius 2 is 1.71 bits per heavy atom. The second-order valence-electron chi connectivity index (χ2n) is 9.18. The van der Waals surface area contributed by atoms with Gasteiger partial charge in [0.2, 0.25) is 0 Å². The molecule has 0 atom stereocenters. The molecule has 5 nitrogen and oxygen atoms in total. The summed E-state index contributed by atoms with van der Waals surface area (Å²) in [4.78, 5) is 17.1. The smallest absolute Gasteiger partial charge is 0.251 e. The molecule has 1 fully saturated rings. The standard InChI is InChI=1S/C30H37N3O2/c1-4-15-31-30(34)25-10-12-27(13-11-25)33-18-16-32(17-19-33)22-24-9-14-29(23(3)20-24)26-7-6-8-28(21-26)35-5-2/h6-14,20-21H,4-5,15-19,22H2,1-3H3,(H,31,34). The normalized spacial score (nSPS) is 14.1. The molecule has 0 aliphatic carbocycles. The molecule has 3 aromatic carbocycles. The van der Waals surface area contributed by atoms with Crippen molar-refractivity contribution in [2.75, 3.05) is 44.2 Å². The number of nitrogens with zero attached hydrogens (tertiary/aromatic N) is 2. The van der Waals surface area contributed by atoms with Crippen LogP contribution in [0.2, 0.25) is 0 Å². The maximum absolute atomic E-state index is 12.1. The number of carbonyl (C=O) groups is 1. The molecule has 1 amide bonds. The summed E-state index contributed by atoms with van der Waals surface area (Å²) < 4.78 is 5.67. The Hall–Kier alpha value is -3.31. The van der Waals surface area contributed by atoms with Crippen LogP contribution in [-0.4, -0.2) is 50.1 Å². The van der Waals surface area contributed by atoms with Gasteiger partial charge in [0.25, 0.3) is 5.91 Å². The number of amides is 1. The average Bonchev–Trinajstić information content (AvgIpc) is 2.88. The molecule has 0 unspecified atom stereocenters. The molecule has 35 heavy (non-hydrogen) atoms. The number of rotatable bonds is 9. The van der Waals surface area contributed by atoms with Crippen LogP contribution in [0.3, 0.4) is 0 Å². The van der Waals surface area contributed by atoms with Crippen LogP contribution in [0, 0.1) is 6.92 Å². The molecule has 1 N–H and O–H groups in total. The first-order valence-corrected chi connectivity index (χ1v) is 12.8. The number of ether oxygens (including phenoxy) is 1. The van der Waals surface area contributed by atoms with Crippen LogP contribution in [-0.2, 0) is 6.54 Å². The van der Waals surface area contributed by atoms with Gasteiger partial charge in [-0.25, -0.2) is 0 Å². The van der Waals surface area contributed by atoms with Crippen molar-refractivity contribution in [1.82, 2.24) is 10.2 Å². The highest BCUT2D eigenvalue weighted by Gasteiger charge is 2.18. The quantitative estimate of drug-likeness (QED) is 0.446. The Kier molecular flexibility index (Phi) is 8.43. The summed E-state index contributed by atoms with van der Waals surface area (Å²) in [6.07, 6.45) is 0.945. The summed E-state index contributed by atoms with van der Waals surface area (Å²) in [5.41, 5.74) is 7.01.